The zero-order valence-electron chi connectivity index (χ0n) is 22.5. The molecule has 3 aliphatic carbocycles. The van der Waals surface area contributed by atoms with E-state index in [1.165, 1.54) is 6.08 Å². The van der Waals surface area contributed by atoms with Crippen LogP contribution in [-0.2, 0) is 9.59 Å². The number of hydrogen-bond acceptors (Lipinski definition) is 5. The van der Waals surface area contributed by atoms with Crippen molar-refractivity contribution in [3.63, 3.8) is 0 Å². The summed E-state index contributed by atoms with van der Waals surface area (Å²) in [5.74, 6) is 0.140. The zero-order chi connectivity index (χ0) is 26.4. The van der Waals surface area contributed by atoms with Gasteiger partial charge in [-0.25, -0.2) is 0 Å². The van der Waals surface area contributed by atoms with Gasteiger partial charge in [-0.1, -0.05) is 50.6 Å². The molecule has 0 aromatic heterocycles. The molecule has 35 heavy (non-hydrogen) atoms. The third-order valence-electron chi connectivity index (χ3n) is 9.51. The van der Waals surface area contributed by atoms with Crippen molar-refractivity contribution >= 4 is 11.6 Å². The fraction of sp³-hybridized carbons (Fsp3) is 0.667. The Balaban J connectivity index is 1.90. The highest BCUT2D eigenvalue weighted by molar-refractivity contribution is 6.12. The first-order chi connectivity index (χ1) is 16.1. The molecule has 5 nitrogen and oxygen atoms in total. The number of aliphatic hydroxyl groups is 3. The molecule has 3 rings (SSSR count). The molecule has 0 aliphatic heterocycles. The molecule has 0 spiro atoms. The van der Waals surface area contributed by atoms with E-state index in [-0.39, 0.29) is 40.8 Å². The molecule has 0 unspecified atom stereocenters. The van der Waals surface area contributed by atoms with Gasteiger partial charge < -0.3 is 15.3 Å². The second-order valence-corrected chi connectivity index (χ2v) is 12.5. The molecule has 3 N–H and O–H groups in total. The Bertz CT molecular complexity index is 993. The molecule has 0 aromatic carbocycles. The second-order valence-electron chi connectivity index (χ2n) is 12.5. The van der Waals surface area contributed by atoms with Gasteiger partial charge in [0.15, 0.2) is 11.6 Å². The molecule has 3 aliphatic rings. The maximum absolute atomic E-state index is 13.4. The standard InChI is InChI=1S/C30H44O5/c1-19(9-8-14-27(3,4)35)10-11-21(32)20(2)26-22(33)17-24-28(5)16-13-25(34)30(7,18-31)23(28)12-15-29(24,26)6/h8-11,14,23-25,31,34-35H,12-13,15-18H2,1-7H3/b11-10+,14-8+,19-9+,26-20+/t23-,24+,25+,28+,29+,30-/m1/s1. The fourth-order valence-corrected chi connectivity index (χ4v) is 7.52. The van der Waals surface area contributed by atoms with E-state index in [0.29, 0.717) is 24.0 Å². The lowest BCUT2D eigenvalue weighted by molar-refractivity contribution is -0.178. The van der Waals surface area contributed by atoms with Crippen molar-refractivity contribution in [1.82, 2.24) is 0 Å². The lowest BCUT2D eigenvalue weighted by Crippen LogP contribution is -2.59. The number of carbonyl (C=O) groups excluding carboxylic acids is 2. The summed E-state index contributed by atoms with van der Waals surface area (Å²) in [7, 11) is 0. The van der Waals surface area contributed by atoms with Gasteiger partial charge in [0.1, 0.15) is 0 Å². The molecule has 194 valence electrons. The fourth-order valence-electron chi connectivity index (χ4n) is 7.52. The Labute approximate surface area is 210 Å². The summed E-state index contributed by atoms with van der Waals surface area (Å²) >= 11 is 0. The Kier molecular flexibility index (Phi) is 7.59. The van der Waals surface area contributed by atoms with Gasteiger partial charge in [-0.15, -0.1) is 0 Å². The van der Waals surface area contributed by atoms with Crippen molar-refractivity contribution in [2.45, 2.75) is 92.3 Å². The van der Waals surface area contributed by atoms with Crippen LogP contribution < -0.4 is 0 Å². The average Bonchev–Trinajstić information content (AvgIpc) is 3.04. The van der Waals surface area contributed by atoms with Crippen molar-refractivity contribution in [3.8, 4) is 0 Å². The number of ketones is 2. The van der Waals surface area contributed by atoms with Crippen LogP contribution in [0.4, 0.5) is 0 Å². The second kappa shape index (κ2) is 9.57. The van der Waals surface area contributed by atoms with Gasteiger partial charge in [0, 0.05) is 28.4 Å². The lowest BCUT2D eigenvalue weighted by Gasteiger charge is -2.62. The van der Waals surface area contributed by atoms with Crippen LogP contribution in [0.1, 0.15) is 80.6 Å². The topological polar surface area (TPSA) is 94.8 Å². The minimum absolute atomic E-state index is 0.0608. The van der Waals surface area contributed by atoms with Crippen LogP contribution in [0.5, 0.6) is 0 Å². The van der Waals surface area contributed by atoms with E-state index in [0.717, 1.165) is 24.8 Å². The summed E-state index contributed by atoms with van der Waals surface area (Å²) in [4.78, 5) is 26.5. The summed E-state index contributed by atoms with van der Waals surface area (Å²) < 4.78 is 0. The molecule has 0 bridgehead atoms. The van der Waals surface area contributed by atoms with Crippen LogP contribution in [0, 0.1) is 28.1 Å². The largest absolute Gasteiger partial charge is 0.396 e. The van der Waals surface area contributed by atoms with E-state index in [9.17, 15) is 24.9 Å². The molecule has 0 radical (unpaired) electrons. The first-order valence-electron chi connectivity index (χ1n) is 12.9. The summed E-state index contributed by atoms with van der Waals surface area (Å²) in [6, 6.07) is 0. The van der Waals surface area contributed by atoms with E-state index < -0.39 is 17.1 Å². The van der Waals surface area contributed by atoms with E-state index >= 15 is 0 Å². The Hall–Kier alpha value is -1.82. The highest BCUT2D eigenvalue weighted by atomic mass is 16.3. The first-order valence-corrected chi connectivity index (χ1v) is 12.9. The number of aliphatic hydroxyl groups excluding tert-OH is 2. The highest BCUT2D eigenvalue weighted by Crippen LogP contribution is 2.69. The number of allylic oxidation sites excluding steroid dienone is 7. The summed E-state index contributed by atoms with van der Waals surface area (Å²) in [6.45, 7) is 13.4. The summed E-state index contributed by atoms with van der Waals surface area (Å²) in [5.41, 5.74) is 0.0569. The number of fused-ring (bicyclic) bond motifs is 3. The van der Waals surface area contributed by atoms with Crippen LogP contribution >= 0.6 is 0 Å². The lowest BCUT2D eigenvalue weighted by atomic mass is 9.43. The number of rotatable bonds is 6. The van der Waals surface area contributed by atoms with Gasteiger partial charge in [0.25, 0.3) is 0 Å². The van der Waals surface area contributed by atoms with Crippen molar-refractivity contribution in [2.24, 2.45) is 28.1 Å². The predicted octanol–water partition coefficient (Wildman–Crippen LogP) is 4.87. The van der Waals surface area contributed by atoms with E-state index in [2.05, 4.69) is 13.8 Å². The molecule has 3 saturated carbocycles. The van der Waals surface area contributed by atoms with Crippen molar-refractivity contribution in [2.75, 3.05) is 6.61 Å². The van der Waals surface area contributed by atoms with Gasteiger partial charge in [-0.3, -0.25) is 9.59 Å². The summed E-state index contributed by atoms with van der Waals surface area (Å²) in [5, 5.41) is 30.8. The van der Waals surface area contributed by atoms with Gasteiger partial charge >= 0.3 is 0 Å². The molecule has 0 saturated heterocycles. The van der Waals surface area contributed by atoms with Crippen LogP contribution in [0.3, 0.4) is 0 Å². The van der Waals surface area contributed by atoms with Gasteiger partial charge in [0.2, 0.25) is 0 Å². The highest BCUT2D eigenvalue weighted by Gasteiger charge is 2.65. The predicted molar refractivity (Wildman–Crippen MR) is 139 cm³/mol. The van der Waals surface area contributed by atoms with Gasteiger partial charge in [-0.2, -0.15) is 0 Å². The SMILES string of the molecule is C/C(C(=O)/C=C/C(C)=C/C=C/C(C)(C)O)=C1/C(=O)C[C@H]2[C@@]3(C)CC[C@H](O)[C@](C)(CO)[C@@H]3CC[C@]12C. The Morgan fingerprint density at radius 2 is 1.74 bits per heavy atom. The van der Waals surface area contributed by atoms with Gasteiger partial charge in [0.05, 0.1) is 18.3 Å². The third-order valence-corrected chi connectivity index (χ3v) is 9.51. The Morgan fingerprint density at radius 3 is 2.34 bits per heavy atom. The molecular formula is C30H44O5. The van der Waals surface area contributed by atoms with Crippen LogP contribution in [-0.4, -0.2) is 45.2 Å². The first kappa shape index (κ1) is 27.8. The molecule has 6 atom stereocenters. The van der Waals surface area contributed by atoms with Crippen LogP contribution in [0.25, 0.3) is 0 Å². The number of Topliss-reactive ketones (excluding diaryl/α,β-unsaturated/α-hetero) is 1. The number of hydrogen-bond donors (Lipinski definition) is 3. The van der Waals surface area contributed by atoms with E-state index in [1.54, 1.807) is 39.0 Å². The smallest absolute Gasteiger partial charge is 0.181 e. The normalized spacial score (nSPS) is 39.8. The maximum Gasteiger partial charge on any atom is 0.181 e. The monoisotopic (exact) mass is 484 g/mol. The maximum atomic E-state index is 13.4. The molecule has 5 heteroatoms. The third kappa shape index (κ3) is 4.92. The minimum Gasteiger partial charge on any atom is -0.396 e. The van der Waals surface area contributed by atoms with E-state index in [4.69, 9.17) is 0 Å². The minimum atomic E-state index is -0.896. The quantitative estimate of drug-likeness (QED) is 0.369. The van der Waals surface area contributed by atoms with Crippen molar-refractivity contribution < 1.29 is 24.9 Å². The molecule has 3 fully saturated rings. The average molecular weight is 485 g/mol. The molecule has 0 amide bonds. The molecular weight excluding hydrogens is 440 g/mol. The van der Waals surface area contributed by atoms with Crippen LogP contribution in [0.2, 0.25) is 0 Å². The van der Waals surface area contributed by atoms with Gasteiger partial charge in [-0.05, 0) is 76.7 Å². The summed E-state index contributed by atoms with van der Waals surface area (Å²) in [6.07, 6.45) is 11.5. The molecule has 0 aromatic rings. The van der Waals surface area contributed by atoms with Crippen LogP contribution in [0.15, 0.2) is 47.1 Å². The Morgan fingerprint density at radius 1 is 1.09 bits per heavy atom. The number of carbonyl (C=O) groups is 2. The zero-order valence-corrected chi connectivity index (χ0v) is 22.5. The van der Waals surface area contributed by atoms with E-state index in [1.807, 2.05) is 19.9 Å². The molecule has 0 heterocycles. The van der Waals surface area contributed by atoms with Crippen molar-refractivity contribution in [3.05, 3.63) is 47.1 Å². The van der Waals surface area contributed by atoms with Crippen molar-refractivity contribution in [1.29, 1.82) is 0 Å².